The molecule has 9 nitrogen and oxygen atoms in total. The van der Waals surface area contributed by atoms with Crippen molar-refractivity contribution in [3.05, 3.63) is 76.9 Å². The number of halogens is 1. The molecule has 2 aromatic carbocycles. The number of allylic oxidation sites excluding steroid dienone is 2. The molecule has 202 valence electrons. The Morgan fingerprint density at radius 2 is 1.77 bits per heavy atom. The second-order valence-corrected chi connectivity index (χ2v) is 9.76. The third-order valence-corrected chi connectivity index (χ3v) is 6.85. The van der Waals surface area contributed by atoms with E-state index in [0.717, 1.165) is 31.6 Å². The maximum absolute atomic E-state index is 12.8. The molecule has 5 rings (SSSR count). The zero-order valence-electron chi connectivity index (χ0n) is 21.6. The molecule has 0 bridgehead atoms. The molecule has 3 aromatic rings. The molecule has 1 N–H and O–H groups in total. The van der Waals surface area contributed by atoms with E-state index in [0.29, 0.717) is 39.8 Å². The molecule has 10 heteroatoms. The minimum Gasteiger partial charge on any atom is -0.493 e. The SMILES string of the molecule is COc1cc2c(NC3=CC(=O)C(OCc4ccc(Cl)cc4)=CC3=O)ncnc2cc1OCCCN1CCCC1. The van der Waals surface area contributed by atoms with Gasteiger partial charge in [0.25, 0.3) is 0 Å². The number of aromatic nitrogens is 2. The molecule has 1 saturated heterocycles. The van der Waals surface area contributed by atoms with Crippen LogP contribution in [0.1, 0.15) is 24.8 Å². The number of ether oxygens (including phenoxy) is 3. The second-order valence-electron chi connectivity index (χ2n) is 9.33. The first kappa shape index (κ1) is 26.6. The van der Waals surface area contributed by atoms with Gasteiger partial charge in [0.15, 0.2) is 17.3 Å². The van der Waals surface area contributed by atoms with Crippen molar-refractivity contribution in [1.82, 2.24) is 14.9 Å². The molecule has 0 radical (unpaired) electrons. The maximum atomic E-state index is 12.8. The Kier molecular flexibility index (Phi) is 8.39. The van der Waals surface area contributed by atoms with Crippen molar-refractivity contribution in [3.8, 4) is 11.5 Å². The van der Waals surface area contributed by atoms with E-state index in [1.807, 2.05) is 0 Å². The summed E-state index contributed by atoms with van der Waals surface area (Å²) in [5.74, 6) is 0.624. The average Bonchev–Trinajstić information content (AvgIpc) is 3.46. The summed E-state index contributed by atoms with van der Waals surface area (Å²) in [5, 5.41) is 4.20. The van der Waals surface area contributed by atoms with Crippen LogP contribution in [0.5, 0.6) is 11.5 Å². The number of hydrogen-bond acceptors (Lipinski definition) is 9. The lowest BCUT2D eigenvalue weighted by Crippen LogP contribution is -2.22. The van der Waals surface area contributed by atoms with Crippen LogP contribution in [0.15, 0.2) is 66.3 Å². The number of anilines is 1. The quantitative estimate of drug-likeness (QED) is 0.269. The fourth-order valence-electron chi connectivity index (χ4n) is 4.53. The van der Waals surface area contributed by atoms with E-state index in [1.54, 1.807) is 43.5 Å². The fraction of sp³-hybridized carbons (Fsp3) is 0.310. The van der Waals surface area contributed by atoms with Crippen LogP contribution < -0.4 is 14.8 Å². The Morgan fingerprint density at radius 3 is 2.54 bits per heavy atom. The van der Waals surface area contributed by atoms with E-state index in [9.17, 15) is 9.59 Å². The molecule has 0 spiro atoms. The predicted molar refractivity (Wildman–Crippen MR) is 148 cm³/mol. The Morgan fingerprint density at radius 1 is 0.974 bits per heavy atom. The van der Waals surface area contributed by atoms with Gasteiger partial charge in [-0.1, -0.05) is 23.7 Å². The minimum absolute atomic E-state index is 0.0266. The molecular weight excluding hydrogens is 520 g/mol. The highest BCUT2D eigenvalue weighted by Crippen LogP contribution is 2.34. The van der Waals surface area contributed by atoms with Crippen molar-refractivity contribution in [2.45, 2.75) is 25.9 Å². The number of carbonyl (C=O) groups is 2. The van der Waals surface area contributed by atoms with E-state index < -0.39 is 11.6 Å². The van der Waals surface area contributed by atoms with Crippen LogP contribution in [0.4, 0.5) is 5.82 Å². The summed E-state index contributed by atoms with van der Waals surface area (Å²) in [6, 6.07) is 10.6. The van der Waals surface area contributed by atoms with Crippen LogP contribution in [0, 0.1) is 0 Å². The maximum Gasteiger partial charge on any atom is 0.222 e. The normalized spacial score (nSPS) is 15.7. The molecule has 2 aliphatic rings. The highest BCUT2D eigenvalue weighted by atomic mass is 35.5. The number of nitrogens with one attached hydrogen (secondary N) is 1. The van der Waals surface area contributed by atoms with Crippen LogP contribution in [-0.4, -0.2) is 59.8 Å². The van der Waals surface area contributed by atoms with Gasteiger partial charge in [-0.25, -0.2) is 9.97 Å². The number of nitrogens with zero attached hydrogens (tertiary/aromatic N) is 3. The number of hydrogen-bond donors (Lipinski definition) is 1. The van der Waals surface area contributed by atoms with Gasteiger partial charge in [-0.15, -0.1) is 0 Å². The summed E-state index contributed by atoms with van der Waals surface area (Å²) in [7, 11) is 1.57. The predicted octanol–water partition coefficient (Wildman–Crippen LogP) is 4.70. The Hall–Kier alpha value is -3.95. The molecule has 0 amide bonds. The lowest BCUT2D eigenvalue weighted by molar-refractivity contribution is -0.117. The molecule has 1 aliphatic heterocycles. The Labute approximate surface area is 231 Å². The highest BCUT2D eigenvalue weighted by molar-refractivity contribution is 6.30. The van der Waals surface area contributed by atoms with Gasteiger partial charge >= 0.3 is 0 Å². The molecular formula is C29H29ClN4O5. The lowest BCUT2D eigenvalue weighted by Gasteiger charge is -2.17. The summed E-state index contributed by atoms with van der Waals surface area (Å²) in [6.07, 6.45) is 7.23. The van der Waals surface area contributed by atoms with E-state index >= 15 is 0 Å². The highest BCUT2D eigenvalue weighted by Gasteiger charge is 2.23. The standard InChI is InChI=1S/C29H29ClN4O5/c1-37-27-13-21-22(15-28(27)38-12-4-11-34-9-2-3-10-34)31-18-32-29(21)33-23-14-25(36)26(16-24(23)35)39-17-19-5-7-20(30)8-6-19/h5-8,13-16,18H,2-4,9-12,17H2,1H3,(H,31,32,33). The second kappa shape index (κ2) is 12.3. The van der Waals surface area contributed by atoms with Crippen molar-refractivity contribution < 1.29 is 23.8 Å². The largest absolute Gasteiger partial charge is 0.493 e. The number of fused-ring (bicyclic) bond motifs is 1. The van der Waals surface area contributed by atoms with Crippen molar-refractivity contribution in [2.24, 2.45) is 0 Å². The zero-order valence-corrected chi connectivity index (χ0v) is 22.4. The van der Waals surface area contributed by atoms with Crippen molar-refractivity contribution >= 4 is 39.9 Å². The number of likely N-dealkylation sites (tertiary alicyclic amines) is 1. The van der Waals surface area contributed by atoms with Gasteiger partial charge in [-0.2, -0.15) is 0 Å². The van der Waals surface area contributed by atoms with E-state index in [-0.39, 0.29) is 18.1 Å². The van der Waals surface area contributed by atoms with Gasteiger partial charge in [0.2, 0.25) is 11.6 Å². The number of rotatable bonds is 11. The zero-order chi connectivity index (χ0) is 27.2. The Balaban J connectivity index is 1.26. The van der Waals surface area contributed by atoms with Crippen LogP contribution in [0.2, 0.25) is 5.02 Å². The lowest BCUT2D eigenvalue weighted by atomic mass is 10.1. The minimum atomic E-state index is -0.424. The molecule has 2 heterocycles. The summed E-state index contributed by atoms with van der Waals surface area (Å²) < 4.78 is 17.2. The number of carbonyl (C=O) groups excluding carboxylic acids is 2. The van der Waals surface area contributed by atoms with E-state index in [2.05, 4.69) is 20.2 Å². The summed E-state index contributed by atoms with van der Waals surface area (Å²) in [4.78, 5) is 36.6. The van der Waals surface area contributed by atoms with E-state index in [1.165, 1.54) is 31.3 Å². The topological polar surface area (TPSA) is 103 Å². The molecule has 1 aromatic heterocycles. The van der Waals surface area contributed by atoms with E-state index in [4.69, 9.17) is 25.8 Å². The molecule has 0 unspecified atom stereocenters. The van der Waals surface area contributed by atoms with Crippen molar-refractivity contribution in [2.75, 3.05) is 38.7 Å². The van der Waals surface area contributed by atoms with Gasteiger partial charge in [0.05, 0.1) is 24.9 Å². The van der Waals surface area contributed by atoms with Crippen molar-refractivity contribution in [3.63, 3.8) is 0 Å². The number of benzene rings is 2. The van der Waals surface area contributed by atoms with Gasteiger partial charge in [-0.3, -0.25) is 9.59 Å². The first-order valence-corrected chi connectivity index (χ1v) is 13.2. The van der Waals surface area contributed by atoms with Gasteiger partial charge in [0.1, 0.15) is 18.8 Å². The summed E-state index contributed by atoms with van der Waals surface area (Å²) in [5.41, 5.74) is 1.52. The van der Waals surface area contributed by atoms with Crippen LogP contribution in [0.3, 0.4) is 0 Å². The van der Waals surface area contributed by atoms with Crippen LogP contribution in [0.25, 0.3) is 10.9 Å². The molecule has 1 fully saturated rings. The molecule has 0 atom stereocenters. The summed E-state index contributed by atoms with van der Waals surface area (Å²) >= 11 is 5.90. The van der Waals surface area contributed by atoms with Gasteiger partial charge in [0, 0.05) is 35.2 Å². The molecule has 1 aliphatic carbocycles. The monoisotopic (exact) mass is 548 g/mol. The van der Waals surface area contributed by atoms with Gasteiger partial charge < -0.3 is 24.4 Å². The number of ketones is 2. The fourth-order valence-corrected chi connectivity index (χ4v) is 4.66. The van der Waals surface area contributed by atoms with Crippen molar-refractivity contribution in [1.29, 1.82) is 0 Å². The summed E-state index contributed by atoms with van der Waals surface area (Å²) in [6.45, 7) is 4.02. The third-order valence-electron chi connectivity index (χ3n) is 6.60. The Bertz CT molecular complexity index is 1430. The van der Waals surface area contributed by atoms with Crippen LogP contribution in [-0.2, 0) is 20.9 Å². The first-order valence-electron chi connectivity index (χ1n) is 12.8. The van der Waals surface area contributed by atoms with Crippen LogP contribution >= 0.6 is 11.6 Å². The molecule has 0 saturated carbocycles. The average molecular weight is 549 g/mol. The molecule has 39 heavy (non-hydrogen) atoms. The third kappa shape index (κ3) is 6.55. The smallest absolute Gasteiger partial charge is 0.222 e. The first-order chi connectivity index (χ1) is 19.0. The number of methoxy groups -OCH3 is 1. The van der Waals surface area contributed by atoms with Gasteiger partial charge in [-0.05, 0) is 56.1 Å².